The van der Waals surface area contributed by atoms with Crippen molar-refractivity contribution in [1.82, 2.24) is 5.32 Å². The molecule has 0 saturated heterocycles. The van der Waals surface area contributed by atoms with Gasteiger partial charge in [-0.25, -0.2) is 4.57 Å². The van der Waals surface area contributed by atoms with Gasteiger partial charge in [-0.1, -0.05) is 0 Å². The minimum atomic E-state index is -3.85. The van der Waals surface area contributed by atoms with Crippen LogP contribution in [0.25, 0.3) is 0 Å². The normalized spacial score (nSPS) is 15.0. The molecular formula is C6H14NO5P. The van der Waals surface area contributed by atoms with Crippen molar-refractivity contribution in [2.45, 2.75) is 13.3 Å². The number of rotatable bonds is 6. The summed E-state index contributed by atoms with van der Waals surface area (Å²) in [6, 6.07) is 0. The predicted molar refractivity (Wildman–Crippen MR) is 46.1 cm³/mol. The minimum absolute atomic E-state index is 0.0713. The van der Waals surface area contributed by atoms with Crippen molar-refractivity contribution in [2.75, 3.05) is 20.3 Å². The highest BCUT2D eigenvalue weighted by Gasteiger charge is 2.17. The van der Waals surface area contributed by atoms with Crippen molar-refractivity contribution in [3.63, 3.8) is 0 Å². The Hall–Kier alpha value is -0.420. The maximum atomic E-state index is 10.7. The maximum Gasteiger partial charge on any atom is 0.471 e. The maximum absolute atomic E-state index is 10.7. The quantitative estimate of drug-likeness (QED) is 0.486. The van der Waals surface area contributed by atoms with E-state index in [9.17, 15) is 9.36 Å². The van der Waals surface area contributed by atoms with Gasteiger partial charge in [-0.2, -0.15) is 0 Å². The number of hydrogen-bond acceptors (Lipinski definition) is 4. The van der Waals surface area contributed by atoms with E-state index in [2.05, 4.69) is 14.4 Å². The number of amides is 1. The molecule has 0 spiro atoms. The molecule has 1 amide bonds. The van der Waals surface area contributed by atoms with Crippen LogP contribution in [0.2, 0.25) is 0 Å². The van der Waals surface area contributed by atoms with E-state index in [1.807, 2.05) is 0 Å². The number of carbonyl (C=O) groups is 1. The molecule has 0 aliphatic heterocycles. The van der Waals surface area contributed by atoms with Gasteiger partial charge in [0.1, 0.15) is 0 Å². The molecule has 0 rings (SSSR count). The van der Waals surface area contributed by atoms with Crippen LogP contribution in [0.15, 0.2) is 0 Å². The molecule has 0 radical (unpaired) electrons. The van der Waals surface area contributed by atoms with Gasteiger partial charge in [0.2, 0.25) is 5.91 Å². The van der Waals surface area contributed by atoms with E-state index >= 15 is 0 Å². The Balaban J connectivity index is 3.36. The fourth-order valence-corrected chi connectivity index (χ4v) is 1.03. The van der Waals surface area contributed by atoms with Crippen molar-refractivity contribution >= 4 is 13.7 Å². The van der Waals surface area contributed by atoms with Crippen molar-refractivity contribution in [3.05, 3.63) is 0 Å². The highest BCUT2D eigenvalue weighted by atomic mass is 31.2. The van der Waals surface area contributed by atoms with Crippen LogP contribution in [0.3, 0.4) is 0 Å². The van der Waals surface area contributed by atoms with Crippen LogP contribution in [0.1, 0.15) is 13.3 Å². The number of hydrogen-bond donors (Lipinski definition) is 2. The van der Waals surface area contributed by atoms with Crippen LogP contribution in [0.4, 0.5) is 0 Å². The molecule has 0 aromatic carbocycles. The SMILES string of the molecule is COP(=O)(O)OCCCNC(C)=O. The molecule has 6 nitrogen and oxygen atoms in total. The zero-order valence-electron chi connectivity index (χ0n) is 7.65. The van der Waals surface area contributed by atoms with Crippen molar-refractivity contribution in [2.24, 2.45) is 0 Å². The summed E-state index contributed by atoms with van der Waals surface area (Å²) in [6.07, 6.45) is 0.466. The lowest BCUT2D eigenvalue weighted by atomic mass is 10.4. The van der Waals surface area contributed by atoms with Crippen LogP contribution in [0, 0.1) is 0 Å². The third-order valence-corrected chi connectivity index (χ3v) is 2.15. The second-order valence-electron chi connectivity index (χ2n) is 2.32. The molecule has 0 aromatic rings. The summed E-state index contributed by atoms with van der Waals surface area (Å²) in [7, 11) is -2.76. The Morgan fingerprint density at radius 1 is 1.62 bits per heavy atom. The molecule has 0 aromatic heterocycles. The Labute approximate surface area is 76.8 Å². The fraction of sp³-hybridized carbons (Fsp3) is 0.833. The first kappa shape index (κ1) is 12.6. The molecule has 78 valence electrons. The smallest absolute Gasteiger partial charge is 0.356 e. The molecule has 1 unspecified atom stereocenters. The number of nitrogens with one attached hydrogen (secondary N) is 1. The van der Waals surface area contributed by atoms with Crippen LogP contribution in [-0.2, 0) is 18.4 Å². The molecule has 13 heavy (non-hydrogen) atoms. The molecule has 0 saturated carbocycles. The van der Waals surface area contributed by atoms with E-state index in [0.29, 0.717) is 13.0 Å². The van der Waals surface area contributed by atoms with E-state index in [0.717, 1.165) is 7.11 Å². The third-order valence-electron chi connectivity index (χ3n) is 1.18. The first-order valence-electron chi connectivity index (χ1n) is 3.75. The lowest BCUT2D eigenvalue weighted by Crippen LogP contribution is -2.21. The first-order chi connectivity index (χ1) is 5.98. The molecule has 0 aliphatic carbocycles. The van der Waals surface area contributed by atoms with Gasteiger partial charge in [-0.3, -0.25) is 13.8 Å². The van der Waals surface area contributed by atoms with Crippen LogP contribution < -0.4 is 5.32 Å². The lowest BCUT2D eigenvalue weighted by Gasteiger charge is -2.08. The van der Waals surface area contributed by atoms with Gasteiger partial charge in [0.05, 0.1) is 6.61 Å². The fourth-order valence-electron chi connectivity index (χ4n) is 0.569. The zero-order chi connectivity index (χ0) is 10.3. The Morgan fingerprint density at radius 3 is 2.69 bits per heavy atom. The molecule has 0 bridgehead atoms. The molecular weight excluding hydrogens is 197 g/mol. The number of carbonyl (C=O) groups excluding carboxylic acids is 1. The van der Waals surface area contributed by atoms with Gasteiger partial charge in [0, 0.05) is 20.6 Å². The third kappa shape index (κ3) is 7.93. The van der Waals surface area contributed by atoms with Gasteiger partial charge >= 0.3 is 7.82 Å². The second-order valence-corrected chi connectivity index (χ2v) is 3.88. The average Bonchev–Trinajstić information content (AvgIpc) is 2.03. The minimum Gasteiger partial charge on any atom is -0.356 e. The van der Waals surface area contributed by atoms with Crippen molar-refractivity contribution in [3.8, 4) is 0 Å². The van der Waals surface area contributed by atoms with Crippen LogP contribution >= 0.6 is 7.82 Å². The summed E-state index contributed by atoms with van der Waals surface area (Å²) in [4.78, 5) is 19.1. The van der Waals surface area contributed by atoms with E-state index in [1.54, 1.807) is 0 Å². The Kier molecular flexibility index (Phi) is 5.90. The Bertz CT molecular complexity index is 207. The van der Waals surface area contributed by atoms with E-state index in [4.69, 9.17) is 4.89 Å². The topological polar surface area (TPSA) is 84.9 Å². The molecule has 0 aliphatic rings. The number of phosphoric ester groups is 1. The summed E-state index contributed by atoms with van der Waals surface area (Å²) < 4.78 is 19.4. The van der Waals surface area contributed by atoms with Gasteiger partial charge in [0.25, 0.3) is 0 Å². The summed E-state index contributed by atoms with van der Waals surface area (Å²) in [5, 5.41) is 2.52. The van der Waals surface area contributed by atoms with E-state index in [1.165, 1.54) is 6.92 Å². The van der Waals surface area contributed by atoms with Gasteiger partial charge < -0.3 is 10.2 Å². The van der Waals surface area contributed by atoms with Gasteiger partial charge in [0.15, 0.2) is 0 Å². The highest BCUT2D eigenvalue weighted by Crippen LogP contribution is 2.41. The van der Waals surface area contributed by atoms with E-state index in [-0.39, 0.29) is 12.5 Å². The predicted octanol–water partition coefficient (Wildman–Crippen LogP) is 0.276. The van der Waals surface area contributed by atoms with E-state index < -0.39 is 7.82 Å². The van der Waals surface area contributed by atoms with Gasteiger partial charge in [-0.05, 0) is 6.42 Å². The molecule has 7 heteroatoms. The summed E-state index contributed by atoms with van der Waals surface area (Å²) in [5.74, 6) is -0.140. The summed E-state index contributed by atoms with van der Waals surface area (Å²) in [6.45, 7) is 1.88. The zero-order valence-corrected chi connectivity index (χ0v) is 8.54. The van der Waals surface area contributed by atoms with Crippen LogP contribution in [-0.4, -0.2) is 31.1 Å². The molecule has 1 atom stereocenters. The Morgan fingerprint density at radius 2 is 2.23 bits per heavy atom. The average molecular weight is 211 g/mol. The van der Waals surface area contributed by atoms with Crippen LogP contribution in [0.5, 0.6) is 0 Å². The first-order valence-corrected chi connectivity index (χ1v) is 5.25. The number of phosphoric acid groups is 1. The summed E-state index contributed by atoms with van der Waals surface area (Å²) in [5.41, 5.74) is 0. The second kappa shape index (κ2) is 6.10. The standard InChI is InChI=1S/C6H14NO5P/c1-6(8)7-4-3-5-12-13(9,10)11-2/h3-5H2,1-2H3,(H,7,8)(H,9,10). The summed E-state index contributed by atoms with van der Waals surface area (Å²) >= 11 is 0. The largest absolute Gasteiger partial charge is 0.471 e. The van der Waals surface area contributed by atoms with Crippen molar-refractivity contribution < 1.29 is 23.3 Å². The molecule has 0 fully saturated rings. The highest BCUT2D eigenvalue weighted by molar-refractivity contribution is 7.47. The molecule has 2 N–H and O–H groups in total. The van der Waals surface area contributed by atoms with Crippen molar-refractivity contribution in [1.29, 1.82) is 0 Å². The monoisotopic (exact) mass is 211 g/mol. The molecule has 0 heterocycles. The lowest BCUT2D eigenvalue weighted by molar-refractivity contribution is -0.118. The van der Waals surface area contributed by atoms with Gasteiger partial charge in [-0.15, -0.1) is 0 Å².